The van der Waals surface area contributed by atoms with Crippen molar-refractivity contribution in [1.29, 1.82) is 0 Å². The summed E-state index contributed by atoms with van der Waals surface area (Å²) in [6.07, 6.45) is 1.25. The number of rotatable bonds is 4. The standard InChI is InChI=1S/C17H22N2O7S/c1-19-13-5-4-11(8-16(20)21)26-15(13)9-25-14-6-3-10(18-27(2,23)24)7-12(14)17(19)22/h3,6-7,11,13,15,18H,4-5,8-9H2,1-2H3,(H,20,21)/t11-,13-,15-/m1/s1. The lowest BCUT2D eigenvalue weighted by atomic mass is 9.95. The predicted molar refractivity (Wildman–Crippen MR) is 96.4 cm³/mol. The molecule has 2 aliphatic rings. The second-order valence-electron chi connectivity index (χ2n) is 6.85. The number of sulfonamides is 1. The van der Waals surface area contributed by atoms with Crippen LogP contribution in [0.4, 0.5) is 5.69 Å². The molecule has 2 aliphatic heterocycles. The van der Waals surface area contributed by atoms with Crippen molar-refractivity contribution < 1.29 is 32.6 Å². The number of carboxylic acids is 1. The Morgan fingerprint density at radius 1 is 1.37 bits per heavy atom. The van der Waals surface area contributed by atoms with Gasteiger partial charge in [-0.05, 0) is 31.0 Å². The second kappa shape index (κ2) is 7.35. The van der Waals surface area contributed by atoms with Gasteiger partial charge in [0.15, 0.2) is 0 Å². The summed E-state index contributed by atoms with van der Waals surface area (Å²) in [5.74, 6) is -0.906. The van der Waals surface area contributed by atoms with Gasteiger partial charge in [-0.2, -0.15) is 0 Å². The van der Waals surface area contributed by atoms with Gasteiger partial charge in [0.2, 0.25) is 10.0 Å². The van der Waals surface area contributed by atoms with Crippen molar-refractivity contribution >= 4 is 27.6 Å². The van der Waals surface area contributed by atoms with Crippen LogP contribution in [0.5, 0.6) is 5.75 Å². The van der Waals surface area contributed by atoms with Gasteiger partial charge >= 0.3 is 5.97 Å². The smallest absolute Gasteiger partial charge is 0.305 e. The number of carboxylic acid groups (broad SMARTS) is 1. The molecule has 1 aromatic rings. The van der Waals surface area contributed by atoms with E-state index in [2.05, 4.69) is 4.72 Å². The number of aliphatic carboxylic acids is 1. The Balaban J connectivity index is 1.86. The van der Waals surface area contributed by atoms with Crippen LogP contribution < -0.4 is 9.46 Å². The molecule has 0 saturated carbocycles. The highest BCUT2D eigenvalue weighted by atomic mass is 32.2. The number of benzene rings is 1. The summed E-state index contributed by atoms with van der Waals surface area (Å²) in [5, 5.41) is 8.97. The number of nitrogens with zero attached hydrogens (tertiary/aromatic N) is 1. The number of hydrogen-bond donors (Lipinski definition) is 2. The van der Waals surface area contributed by atoms with Gasteiger partial charge in [0, 0.05) is 12.7 Å². The van der Waals surface area contributed by atoms with Gasteiger partial charge in [0.25, 0.3) is 5.91 Å². The molecule has 27 heavy (non-hydrogen) atoms. The lowest BCUT2D eigenvalue weighted by Gasteiger charge is -2.42. The summed E-state index contributed by atoms with van der Waals surface area (Å²) in [6.45, 7) is 0.171. The molecule has 1 fully saturated rings. The topological polar surface area (TPSA) is 122 Å². The van der Waals surface area contributed by atoms with Crippen LogP contribution in [-0.4, -0.2) is 68.5 Å². The largest absolute Gasteiger partial charge is 0.490 e. The number of amides is 1. The molecule has 0 aromatic heterocycles. The molecule has 10 heteroatoms. The van der Waals surface area contributed by atoms with Gasteiger partial charge < -0.3 is 19.5 Å². The molecule has 2 N–H and O–H groups in total. The number of carbonyl (C=O) groups excluding carboxylic acids is 1. The zero-order valence-corrected chi connectivity index (χ0v) is 15.9. The summed E-state index contributed by atoms with van der Waals surface area (Å²) < 4.78 is 36.8. The number of nitrogens with one attached hydrogen (secondary N) is 1. The van der Waals surface area contributed by atoms with Crippen LogP contribution in [0.2, 0.25) is 0 Å². The minimum Gasteiger partial charge on any atom is -0.490 e. The van der Waals surface area contributed by atoms with Crippen LogP contribution in [0.1, 0.15) is 29.6 Å². The molecule has 0 radical (unpaired) electrons. The molecule has 1 amide bonds. The van der Waals surface area contributed by atoms with Crippen molar-refractivity contribution in [2.24, 2.45) is 0 Å². The predicted octanol–water partition coefficient (Wildman–Crippen LogP) is 0.913. The van der Waals surface area contributed by atoms with Gasteiger partial charge in [-0.25, -0.2) is 8.42 Å². The van der Waals surface area contributed by atoms with Crippen LogP contribution in [0.25, 0.3) is 0 Å². The van der Waals surface area contributed by atoms with E-state index in [1.165, 1.54) is 18.2 Å². The first kappa shape index (κ1) is 19.4. The Morgan fingerprint density at radius 3 is 2.78 bits per heavy atom. The summed E-state index contributed by atoms with van der Waals surface area (Å²) >= 11 is 0. The highest BCUT2D eigenvalue weighted by molar-refractivity contribution is 7.92. The second-order valence-corrected chi connectivity index (χ2v) is 8.60. The number of anilines is 1. The molecule has 0 bridgehead atoms. The van der Waals surface area contributed by atoms with E-state index in [4.69, 9.17) is 14.6 Å². The van der Waals surface area contributed by atoms with E-state index in [0.717, 1.165) is 6.26 Å². The van der Waals surface area contributed by atoms with Crippen molar-refractivity contribution in [2.45, 2.75) is 37.5 Å². The minimum atomic E-state index is -3.47. The number of ether oxygens (including phenoxy) is 2. The van der Waals surface area contributed by atoms with E-state index < -0.39 is 28.2 Å². The molecule has 9 nitrogen and oxygen atoms in total. The fourth-order valence-electron chi connectivity index (χ4n) is 3.50. The van der Waals surface area contributed by atoms with Gasteiger partial charge in [0.1, 0.15) is 18.5 Å². The van der Waals surface area contributed by atoms with Crippen LogP contribution in [-0.2, 0) is 19.6 Å². The van der Waals surface area contributed by atoms with Crippen molar-refractivity contribution in [3.05, 3.63) is 23.8 Å². The van der Waals surface area contributed by atoms with Crippen LogP contribution in [0.15, 0.2) is 18.2 Å². The SMILES string of the molecule is CN1C(=O)c2cc(NS(C)(=O)=O)ccc2OC[C@H]2O[C@@H](CC(=O)O)CC[C@H]21. The van der Waals surface area contributed by atoms with Crippen LogP contribution in [0.3, 0.4) is 0 Å². The Hall–Kier alpha value is -2.33. The molecule has 0 unspecified atom stereocenters. The lowest BCUT2D eigenvalue weighted by molar-refractivity contribution is -0.148. The monoisotopic (exact) mass is 398 g/mol. The molecule has 148 valence electrons. The number of hydrogen-bond acceptors (Lipinski definition) is 6. The first-order valence-electron chi connectivity index (χ1n) is 8.53. The molecule has 1 aromatic carbocycles. The third-order valence-corrected chi connectivity index (χ3v) is 5.32. The quantitative estimate of drug-likeness (QED) is 0.773. The molecular weight excluding hydrogens is 376 g/mol. The zero-order valence-electron chi connectivity index (χ0n) is 15.0. The van der Waals surface area contributed by atoms with Crippen molar-refractivity contribution in [1.82, 2.24) is 4.90 Å². The van der Waals surface area contributed by atoms with E-state index in [9.17, 15) is 18.0 Å². The molecule has 3 atom stereocenters. The summed E-state index contributed by atoms with van der Waals surface area (Å²) in [5.41, 5.74) is 0.539. The number of fused-ring (bicyclic) bond motifs is 2. The maximum atomic E-state index is 12.9. The highest BCUT2D eigenvalue weighted by Crippen LogP contribution is 2.32. The molecule has 3 rings (SSSR count). The number of carbonyl (C=O) groups is 2. The first-order chi connectivity index (χ1) is 12.6. The molecular formula is C17H22N2O7S. The Morgan fingerprint density at radius 2 is 2.11 bits per heavy atom. The average molecular weight is 398 g/mol. The van der Waals surface area contributed by atoms with Gasteiger partial charge in [0.05, 0.1) is 30.4 Å². The van der Waals surface area contributed by atoms with Crippen molar-refractivity contribution in [3.63, 3.8) is 0 Å². The van der Waals surface area contributed by atoms with E-state index in [1.54, 1.807) is 11.9 Å². The Kier molecular flexibility index (Phi) is 5.29. The molecule has 0 spiro atoms. The van der Waals surface area contributed by atoms with Crippen molar-refractivity contribution in [2.75, 3.05) is 24.6 Å². The fraction of sp³-hybridized carbons (Fsp3) is 0.529. The zero-order chi connectivity index (χ0) is 19.8. The summed E-state index contributed by atoms with van der Waals surface area (Å²) in [7, 11) is -1.81. The van der Waals surface area contributed by atoms with Gasteiger partial charge in [-0.15, -0.1) is 0 Å². The average Bonchev–Trinajstić information content (AvgIpc) is 2.56. The minimum absolute atomic E-state index is 0.0853. The molecule has 0 aliphatic carbocycles. The van der Waals surface area contributed by atoms with Gasteiger partial charge in [-0.3, -0.25) is 14.3 Å². The Bertz CT molecular complexity index is 855. The van der Waals surface area contributed by atoms with Crippen molar-refractivity contribution in [3.8, 4) is 5.75 Å². The first-order valence-corrected chi connectivity index (χ1v) is 10.4. The van der Waals surface area contributed by atoms with E-state index in [1.807, 2.05) is 0 Å². The maximum Gasteiger partial charge on any atom is 0.305 e. The Labute approximate surface area is 157 Å². The summed E-state index contributed by atoms with van der Waals surface area (Å²) in [4.78, 5) is 25.4. The van der Waals surface area contributed by atoms with Crippen LogP contribution >= 0.6 is 0 Å². The van der Waals surface area contributed by atoms with Gasteiger partial charge in [-0.1, -0.05) is 0 Å². The third-order valence-electron chi connectivity index (χ3n) is 4.72. The van der Waals surface area contributed by atoms with E-state index in [0.29, 0.717) is 18.6 Å². The molecule has 1 saturated heterocycles. The fourth-order valence-corrected chi connectivity index (χ4v) is 4.05. The van der Waals surface area contributed by atoms with E-state index >= 15 is 0 Å². The summed E-state index contributed by atoms with van der Waals surface area (Å²) in [6, 6.07) is 4.25. The highest BCUT2D eigenvalue weighted by Gasteiger charge is 2.39. The van der Waals surface area contributed by atoms with Crippen LogP contribution in [0, 0.1) is 0 Å². The maximum absolute atomic E-state index is 12.9. The lowest BCUT2D eigenvalue weighted by Crippen LogP contribution is -2.53. The molecule has 2 heterocycles. The number of likely N-dealkylation sites (N-methyl/N-ethyl adjacent to an activating group) is 1. The van der Waals surface area contributed by atoms with E-state index in [-0.39, 0.29) is 36.2 Å². The normalized spacial score (nSPS) is 25.5. The third kappa shape index (κ3) is 4.51.